The monoisotopic (exact) mass is 377 g/mol. The molecule has 116 valence electrons. The number of sulfonamides is 1. The standard InChI is InChI=1S/C13H16BrNO5S/c1-13(12(16)17)6-3-7-15(13)21(18,19)9-4-5-11(20-2)10(14)8-9/h4-5,8H,3,6-7H2,1-2H3,(H,16,17). The predicted molar refractivity (Wildman–Crippen MR) is 79.9 cm³/mol. The quantitative estimate of drug-likeness (QED) is 0.868. The van der Waals surface area contributed by atoms with Gasteiger partial charge in [-0.2, -0.15) is 4.31 Å². The summed E-state index contributed by atoms with van der Waals surface area (Å²) in [5, 5.41) is 9.35. The van der Waals surface area contributed by atoms with Crippen LogP contribution >= 0.6 is 15.9 Å². The molecule has 1 saturated heterocycles. The minimum atomic E-state index is -3.87. The number of methoxy groups -OCH3 is 1. The van der Waals surface area contributed by atoms with Crippen molar-refractivity contribution in [2.24, 2.45) is 0 Å². The molecule has 1 aromatic carbocycles. The van der Waals surface area contributed by atoms with Gasteiger partial charge in [0.1, 0.15) is 11.3 Å². The Hall–Kier alpha value is -1.12. The predicted octanol–water partition coefficient (Wildman–Crippen LogP) is 2.09. The van der Waals surface area contributed by atoms with E-state index in [-0.39, 0.29) is 11.4 Å². The van der Waals surface area contributed by atoms with Gasteiger partial charge in [0, 0.05) is 6.54 Å². The van der Waals surface area contributed by atoms with Gasteiger partial charge in [-0.05, 0) is 53.9 Å². The van der Waals surface area contributed by atoms with Gasteiger partial charge in [-0.25, -0.2) is 8.42 Å². The van der Waals surface area contributed by atoms with E-state index in [0.717, 1.165) is 4.31 Å². The fourth-order valence-electron chi connectivity index (χ4n) is 2.47. The molecule has 0 amide bonds. The van der Waals surface area contributed by atoms with Crippen LogP contribution in [-0.2, 0) is 14.8 Å². The summed E-state index contributed by atoms with van der Waals surface area (Å²) in [5.41, 5.74) is -1.40. The van der Waals surface area contributed by atoms with Crippen molar-refractivity contribution < 1.29 is 23.1 Å². The number of rotatable bonds is 4. The van der Waals surface area contributed by atoms with E-state index < -0.39 is 21.5 Å². The van der Waals surface area contributed by atoms with E-state index >= 15 is 0 Å². The Morgan fingerprint density at radius 1 is 1.48 bits per heavy atom. The van der Waals surface area contributed by atoms with Gasteiger partial charge >= 0.3 is 5.97 Å². The lowest BCUT2D eigenvalue weighted by molar-refractivity contribution is -0.146. The van der Waals surface area contributed by atoms with Crippen molar-refractivity contribution in [3.63, 3.8) is 0 Å². The Balaban J connectivity index is 2.47. The first-order valence-electron chi connectivity index (χ1n) is 6.33. The molecule has 0 aromatic heterocycles. The van der Waals surface area contributed by atoms with Crippen molar-refractivity contribution in [2.75, 3.05) is 13.7 Å². The highest BCUT2D eigenvalue weighted by atomic mass is 79.9. The Bertz CT molecular complexity index is 675. The maximum atomic E-state index is 12.7. The van der Waals surface area contributed by atoms with Crippen LogP contribution in [0.2, 0.25) is 0 Å². The molecule has 1 aliphatic heterocycles. The minimum Gasteiger partial charge on any atom is -0.496 e. The van der Waals surface area contributed by atoms with E-state index in [4.69, 9.17) is 4.74 Å². The van der Waals surface area contributed by atoms with Gasteiger partial charge in [0.15, 0.2) is 0 Å². The average molecular weight is 378 g/mol. The third-order valence-corrected chi connectivity index (χ3v) is 6.38. The third-order valence-electron chi connectivity index (χ3n) is 3.75. The Morgan fingerprint density at radius 3 is 2.67 bits per heavy atom. The number of carbonyl (C=O) groups is 1. The molecule has 1 aliphatic rings. The first-order chi connectivity index (χ1) is 9.73. The summed E-state index contributed by atoms with van der Waals surface area (Å²) in [7, 11) is -2.39. The van der Waals surface area contributed by atoms with Gasteiger partial charge in [0.05, 0.1) is 16.5 Å². The summed E-state index contributed by atoms with van der Waals surface area (Å²) >= 11 is 3.24. The second-order valence-electron chi connectivity index (χ2n) is 5.06. The molecule has 0 saturated carbocycles. The van der Waals surface area contributed by atoms with Crippen molar-refractivity contribution in [3.05, 3.63) is 22.7 Å². The molecule has 2 rings (SSSR count). The Labute approximate surface area is 131 Å². The molecular weight excluding hydrogens is 362 g/mol. The molecule has 1 unspecified atom stereocenters. The third kappa shape index (κ3) is 2.67. The van der Waals surface area contributed by atoms with Crippen molar-refractivity contribution in [1.82, 2.24) is 4.31 Å². The molecule has 1 N–H and O–H groups in total. The normalized spacial score (nSPS) is 23.2. The molecule has 1 aromatic rings. The number of halogens is 1. The van der Waals surface area contributed by atoms with Crippen LogP contribution in [0.1, 0.15) is 19.8 Å². The number of carboxylic acids is 1. The zero-order chi connectivity index (χ0) is 15.8. The summed E-state index contributed by atoms with van der Waals surface area (Å²) in [5.74, 6) is -0.618. The molecule has 1 heterocycles. The Morgan fingerprint density at radius 2 is 2.14 bits per heavy atom. The summed E-state index contributed by atoms with van der Waals surface area (Å²) < 4.78 is 32.1. The molecule has 0 bridgehead atoms. The molecule has 8 heteroatoms. The minimum absolute atomic E-state index is 0.0459. The summed E-state index contributed by atoms with van der Waals surface area (Å²) in [6.07, 6.45) is 0.832. The molecule has 1 fully saturated rings. The lowest BCUT2D eigenvalue weighted by Gasteiger charge is -2.30. The number of hydrogen-bond acceptors (Lipinski definition) is 4. The topological polar surface area (TPSA) is 83.9 Å². The van der Waals surface area contributed by atoms with Gasteiger partial charge in [0.25, 0.3) is 0 Å². The second-order valence-corrected chi connectivity index (χ2v) is 7.77. The van der Waals surface area contributed by atoms with Crippen molar-refractivity contribution >= 4 is 31.9 Å². The zero-order valence-electron chi connectivity index (χ0n) is 11.7. The fourth-order valence-corrected chi connectivity index (χ4v) is 4.99. The summed E-state index contributed by atoms with van der Waals surface area (Å²) in [6, 6.07) is 4.37. The van der Waals surface area contributed by atoms with Crippen molar-refractivity contribution in [2.45, 2.75) is 30.2 Å². The Kier molecular flexibility index (Phi) is 4.32. The SMILES string of the molecule is COc1ccc(S(=O)(=O)N2CCCC2(C)C(=O)O)cc1Br. The number of carboxylic acid groups (broad SMARTS) is 1. The van der Waals surface area contributed by atoms with Gasteiger partial charge < -0.3 is 9.84 Å². The van der Waals surface area contributed by atoms with Crippen LogP contribution in [0.5, 0.6) is 5.75 Å². The molecule has 21 heavy (non-hydrogen) atoms. The largest absolute Gasteiger partial charge is 0.496 e. The fraction of sp³-hybridized carbons (Fsp3) is 0.462. The van der Waals surface area contributed by atoms with E-state index in [9.17, 15) is 18.3 Å². The molecule has 0 aliphatic carbocycles. The van der Waals surface area contributed by atoms with Crippen LogP contribution in [0.25, 0.3) is 0 Å². The van der Waals surface area contributed by atoms with Crippen LogP contribution in [0.3, 0.4) is 0 Å². The zero-order valence-corrected chi connectivity index (χ0v) is 14.1. The van der Waals surface area contributed by atoms with Crippen LogP contribution < -0.4 is 4.74 Å². The first-order valence-corrected chi connectivity index (χ1v) is 8.56. The molecule has 0 radical (unpaired) electrons. The van der Waals surface area contributed by atoms with Crippen molar-refractivity contribution in [1.29, 1.82) is 0 Å². The van der Waals surface area contributed by atoms with Gasteiger partial charge in [-0.15, -0.1) is 0 Å². The lowest BCUT2D eigenvalue weighted by atomic mass is 10.0. The van der Waals surface area contributed by atoms with E-state index in [1.54, 1.807) is 0 Å². The molecule has 1 atom stereocenters. The van der Waals surface area contributed by atoms with Crippen LogP contribution in [0.15, 0.2) is 27.6 Å². The van der Waals surface area contributed by atoms with Gasteiger partial charge in [-0.1, -0.05) is 0 Å². The van der Waals surface area contributed by atoms with E-state index in [2.05, 4.69) is 15.9 Å². The summed E-state index contributed by atoms with van der Waals surface area (Å²) in [4.78, 5) is 11.5. The second kappa shape index (κ2) is 5.58. The maximum absolute atomic E-state index is 12.7. The van der Waals surface area contributed by atoms with Crippen molar-refractivity contribution in [3.8, 4) is 5.75 Å². The highest BCUT2D eigenvalue weighted by Crippen LogP contribution is 2.36. The van der Waals surface area contributed by atoms with E-state index in [0.29, 0.717) is 23.1 Å². The first kappa shape index (κ1) is 16.3. The van der Waals surface area contributed by atoms with Gasteiger partial charge in [0.2, 0.25) is 10.0 Å². The number of nitrogens with zero attached hydrogens (tertiary/aromatic N) is 1. The average Bonchev–Trinajstić information content (AvgIpc) is 2.83. The number of benzene rings is 1. The molecule has 0 spiro atoms. The number of ether oxygens (including phenoxy) is 1. The highest BCUT2D eigenvalue weighted by Gasteiger charge is 2.49. The lowest BCUT2D eigenvalue weighted by Crippen LogP contribution is -2.50. The van der Waals surface area contributed by atoms with E-state index in [1.165, 1.54) is 32.2 Å². The molecule has 6 nitrogen and oxygen atoms in total. The van der Waals surface area contributed by atoms with Gasteiger partial charge in [-0.3, -0.25) is 4.79 Å². The van der Waals surface area contributed by atoms with Crippen LogP contribution in [-0.4, -0.2) is 43.0 Å². The molecular formula is C13H16BrNO5S. The number of aliphatic carboxylic acids is 1. The maximum Gasteiger partial charge on any atom is 0.324 e. The van der Waals surface area contributed by atoms with Crippen LogP contribution in [0.4, 0.5) is 0 Å². The smallest absolute Gasteiger partial charge is 0.324 e. The van der Waals surface area contributed by atoms with E-state index in [1.807, 2.05) is 0 Å². The highest BCUT2D eigenvalue weighted by molar-refractivity contribution is 9.10. The van der Waals surface area contributed by atoms with Crippen LogP contribution in [0, 0.1) is 0 Å². The summed E-state index contributed by atoms with van der Waals surface area (Å²) in [6.45, 7) is 1.65. The number of hydrogen-bond donors (Lipinski definition) is 1.